The summed E-state index contributed by atoms with van der Waals surface area (Å²) in [6, 6.07) is 0. The molecule has 5 heteroatoms. The fraction of sp³-hybridized carbons (Fsp3) is 0.778. The molecule has 1 saturated heterocycles. The van der Waals surface area contributed by atoms with Crippen molar-refractivity contribution in [2.45, 2.75) is 13.3 Å². The number of amides is 2. The van der Waals surface area contributed by atoms with E-state index in [0.29, 0.717) is 6.54 Å². The molecule has 0 unspecified atom stereocenters. The lowest BCUT2D eigenvalue weighted by molar-refractivity contribution is -0.129. The second-order valence-corrected chi connectivity index (χ2v) is 3.42. The van der Waals surface area contributed by atoms with Crippen LogP contribution < -0.4 is 16.0 Å². The molecule has 0 aromatic carbocycles. The van der Waals surface area contributed by atoms with E-state index in [9.17, 15) is 9.59 Å². The third-order valence-electron chi connectivity index (χ3n) is 2.15. The van der Waals surface area contributed by atoms with Gasteiger partial charge in [0.05, 0.1) is 12.5 Å². The van der Waals surface area contributed by atoms with Gasteiger partial charge >= 0.3 is 0 Å². The van der Waals surface area contributed by atoms with Crippen molar-refractivity contribution in [2.75, 3.05) is 26.2 Å². The molecule has 1 aliphatic heterocycles. The molecule has 3 N–H and O–H groups in total. The molecule has 0 spiro atoms. The number of nitrogens with one attached hydrogen (secondary N) is 3. The lowest BCUT2D eigenvalue weighted by Gasteiger charge is -2.25. The Bertz CT molecular complexity index is 214. The quantitative estimate of drug-likeness (QED) is 0.523. The van der Waals surface area contributed by atoms with Gasteiger partial charge in [0.25, 0.3) is 0 Å². The smallest absolute Gasteiger partial charge is 0.239 e. The van der Waals surface area contributed by atoms with Crippen LogP contribution in [0.15, 0.2) is 0 Å². The Morgan fingerprint density at radius 3 is 2.57 bits per heavy atom. The summed E-state index contributed by atoms with van der Waals surface area (Å²) in [5.41, 5.74) is 0. The zero-order valence-corrected chi connectivity index (χ0v) is 8.43. The molecule has 0 atom stereocenters. The van der Waals surface area contributed by atoms with Gasteiger partial charge in [0, 0.05) is 19.6 Å². The molecule has 80 valence electrons. The van der Waals surface area contributed by atoms with Crippen molar-refractivity contribution in [1.82, 2.24) is 16.0 Å². The van der Waals surface area contributed by atoms with Crippen LogP contribution >= 0.6 is 0 Å². The van der Waals surface area contributed by atoms with Gasteiger partial charge in [-0.1, -0.05) is 6.92 Å². The van der Waals surface area contributed by atoms with Crippen LogP contribution in [0, 0.1) is 5.92 Å². The molecular weight excluding hydrogens is 182 g/mol. The van der Waals surface area contributed by atoms with Crippen LogP contribution in [0.3, 0.4) is 0 Å². The number of carbonyl (C=O) groups is 2. The first kappa shape index (κ1) is 11.0. The maximum Gasteiger partial charge on any atom is 0.239 e. The van der Waals surface area contributed by atoms with Crippen LogP contribution in [0.2, 0.25) is 0 Å². The molecule has 0 radical (unpaired) electrons. The van der Waals surface area contributed by atoms with Gasteiger partial charge in [-0.05, 0) is 6.42 Å². The fourth-order valence-electron chi connectivity index (χ4n) is 1.11. The first-order valence-electron chi connectivity index (χ1n) is 4.99. The number of carbonyl (C=O) groups excluding carboxylic acids is 2. The highest BCUT2D eigenvalue weighted by Crippen LogP contribution is 2.01. The minimum atomic E-state index is -0.118. The van der Waals surface area contributed by atoms with Crippen molar-refractivity contribution in [3.05, 3.63) is 0 Å². The monoisotopic (exact) mass is 199 g/mol. The van der Waals surface area contributed by atoms with E-state index in [2.05, 4.69) is 16.0 Å². The molecule has 1 rings (SSSR count). The Hall–Kier alpha value is -1.10. The van der Waals surface area contributed by atoms with Crippen molar-refractivity contribution in [3.63, 3.8) is 0 Å². The van der Waals surface area contributed by atoms with E-state index in [-0.39, 0.29) is 24.3 Å². The van der Waals surface area contributed by atoms with Crippen LogP contribution in [-0.2, 0) is 9.59 Å². The predicted molar refractivity (Wildman–Crippen MR) is 52.7 cm³/mol. The van der Waals surface area contributed by atoms with E-state index >= 15 is 0 Å². The molecule has 0 aliphatic carbocycles. The molecule has 1 heterocycles. The first-order chi connectivity index (χ1) is 6.74. The maximum atomic E-state index is 11.3. The minimum Gasteiger partial charge on any atom is -0.355 e. The average Bonchev–Trinajstić information content (AvgIpc) is 2.08. The summed E-state index contributed by atoms with van der Waals surface area (Å²) in [6.45, 7) is 4.19. The van der Waals surface area contributed by atoms with Gasteiger partial charge in [0.2, 0.25) is 11.8 Å². The van der Waals surface area contributed by atoms with E-state index in [1.807, 2.05) is 6.92 Å². The molecule has 0 aromatic rings. The second kappa shape index (κ2) is 5.59. The van der Waals surface area contributed by atoms with E-state index in [0.717, 1.165) is 19.5 Å². The minimum absolute atomic E-state index is 0.0320. The standard InChI is InChI=1S/C9H17N3O2/c1-2-3-11-8(13)6-12-9(14)7-4-10-5-7/h7,10H,2-6H2,1H3,(H,11,13)(H,12,14). The Morgan fingerprint density at radius 2 is 2.07 bits per heavy atom. The van der Waals surface area contributed by atoms with Gasteiger partial charge in [0.15, 0.2) is 0 Å². The van der Waals surface area contributed by atoms with Gasteiger partial charge < -0.3 is 16.0 Å². The molecule has 0 saturated carbocycles. The van der Waals surface area contributed by atoms with Crippen molar-refractivity contribution in [1.29, 1.82) is 0 Å². The van der Waals surface area contributed by atoms with Gasteiger partial charge in [-0.25, -0.2) is 0 Å². The second-order valence-electron chi connectivity index (χ2n) is 3.42. The van der Waals surface area contributed by atoms with E-state index in [4.69, 9.17) is 0 Å². The summed E-state index contributed by atoms with van der Waals surface area (Å²) in [5.74, 6) is -0.100. The van der Waals surface area contributed by atoms with Crippen LogP contribution in [0.5, 0.6) is 0 Å². The van der Waals surface area contributed by atoms with Gasteiger partial charge in [-0.15, -0.1) is 0 Å². The molecule has 0 bridgehead atoms. The highest BCUT2D eigenvalue weighted by molar-refractivity contribution is 5.86. The predicted octanol–water partition coefficient (Wildman–Crippen LogP) is -1.15. The van der Waals surface area contributed by atoms with Crippen LogP contribution in [0.25, 0.3) is 0 Å². The zero-order chi connectivity index (χ0) is 10.4. The van der Waals surface area contributed by atoms with Crippen molar-refractivity contribution >= 4 is 11.8 Å². The lowest BCUT2D eigenvalue weighted by Crippen LogP contribution is -2.52. The molecule has 1 fully saturated rings. The van der Waals surface area contributed by atoms with Crippen molar-refractivity contribution in [3.8, 4) is 0 Å². The summed E-state index contributed by atoms with van der Waals surface area (Å²) < 4.78 is 0. The van der Waals surface area contributed by atoms with Crippen molar-refractivity contribution in [2.24, 2.45) is 5.92 Å². The Kier molecular flexibility index (Phi) is 4.39. The largest absolute Gasteiger partial charge is 0.355 e. The molecule has 0 aromatic heterocycles. The third-order valence-corrected chi connectivity index (χ3v) is 2.15. The summed E-state index contributed by atoms with van der Waals surface area (Å²) in [5, 5.41) is 8.30. The lowest BCUT2D eigenvalue weighted by atomic mass is 10.0. The Balaban J connectivity index is 2.06. The molecule has 1 aliphatic rings. The normalized spacial score (nSPS) is 15.8. The topological polar surface area (TPSA) is 70.2 Å². The van der Waals surface area contributed by atoms with Crippen molar-refractivity contribution < 1.29 is 9.59 Å². The first-order valence-corrected chi connectivity index (χ1v) is 4.99. The highest BCUT2D eigenvalue weighted by atomic mass is 16.2. The number of hydrogen-bond donors (Lipinski definition) is 3. The van der Waals surface area contributed by atoms with E-state index in [1.54, 1.807) is 0 Å². The SMILES string of the molecule is CCCNC(=O)CNC(=O)C1CNC1. The summed E-state index contributed by atoms with van der Waals surface area (Å²) in [7, 11) is 0. The number of hydrogen-bond acceptors (Lipinski definition) is 3. The third kappa shape index (κ3) is 3.33. The summed E-state index contributed by atoms with van der Waals surface area (Å²) in [4.78, 5) is 22.4. The van der Waals surface area contributed by atoms with Crippen LogP contribution in [0.1, 0.15) is 13.3 Å². The van der Waals surface area contributed by atoms with E-state index < -0.39 is 0 Å². The number of rotatable bonds is 5. The van der Waals surface area contributed by atoms with Gasteiger partial charge in [-0.2, -0.15) is 0 Å². The van der Waals surface area contributed by atoms with Crippen LogP contribution in [0.4, 0.5) is 0 Å². The van der Waals surface area contributed by atoms with Gasteiger partial charge in [-0.3, -0.25) is 9.59 Å². The summed E-state index contributed by atoms with van der Waals surface area (Å²) in [6.07, 6.45) is 0.909. The molecule has 14 heavy (non-hydrogen) atoms. The molecule has 5 nitrogen and oxygen atoms in total. The highest BCUT2D eigenvalue weighted by Gasteiger charge is 2.24. The molecular formula is C9H17N3O2. The Morgan fingerprint density at radius 1 is 1.36 bits per heavy atom. The van der Waals surface area contributed by atoms with E-state index in [1.165, 1.54) is 0 Å². The Labute approximate surface area is 83.6 Å². The summed E-state index contributed by atoms with van der Waals surface area (Å²) >= 11 is 0. The van der Waals surface area contributed by atoms with Gasteiger partial charge in [0.1, 0.15) is 0 Å². The zero-order valence-electron chi connectivity index (χ0n) is 8.43. The average molecular weight is 199 g/mol. The van der Waals surface area contributed by atoms with Crippen LogP contribution in [-0.4, -0.2) is 38.0 Å². The maximum absolute atomic E-state index is 11.3. The fourth-order valence-corrected chi connectivity index (χ4v) is 1.11. The molecule has 2 amide bonds.